The molecule has 0 fully saturated rings. The summed E-state index contributed by atoms with van der Waals surface area (Å²) in [6, 6.07) is 13.5. The molecule has 2 atom stereocenters. The molecule has 2 aromatic carbocycles. The number of rotatable bonds is 5. The Morgan fingerprint density at radius 2 is 1.96 bits per heavy atom. The minimum Gasteiger partial charge on any atom is -0.497 e. The second-order valence-corrected chi connectivity index (χ2v) is 6.85. The molecule has 2 aromatic rings. The molecule has 1 N–H and O–H groups in total. The van der Waals surface area contributed by atoms with Gasteiger partial charge in [0.1, 0.15) is 11.7 Å². The lowest BCUT2D eigenvalue weighted by atomic mass is 9.84. The van der Waals surface area contributed by atoms with Crippen molar-refractivity contribution >= 4 is 33.6 Å². The van der Waals surface area contributed by atoms with Crippen LogP contribution in [0.5, 0.6) is 5.75 Å². The third kappa shape index (κ3) is 4.19. The number of nitrogens with zero attached hydrogens (tertiary/aromatic N) is 1. The van der Waals surface area contributed by atoms with Gasteiger partial charge in [-0.05, 0) is 54.4 Å². The van der Waals surface area contributed by atoms with Crippen molar-refractivity contribution in [1.82, 2.24) is 5.32 Å². The van der Waals surface area contributed by atoms with Crippen LogP contribution in [0.25, 0.3) is 0 Å². The Hall–Kier alpha value is -2.67. The number of carbonyl (C=O) groups is 2. The first-order valence-corrected chi connectivity index (χ1v) is 9.28. The molecule has 0 aromatic heterocycles. The molecular formula is C20H19BrN2O4. The summed E-state index contributed by atoms with van der Waals surface area (Å²) in [5, 5.41) is 2.80. The van der Waals surface area contributed by atoms with Gasteiger partial charge in [0.15, 0.2) is 0 Å². The Balaban J connectivity index is 2.08. The largest absolute Gasteiger partial charge is 0.497 e. The first kappa shape index (κ1) is 19.1. The topological polar surface area (TPSA) is 77.0 Å². The highest BCUT2D eigenvalue weighted by Gasteiger charge is 2.40. The number of aliphatic imine (C=N–C) groups is 1. The monoisotopic (exact) mass is 430 g/mol. The SMILES string of the molecule is CCOC(=O)C1C(c2ccc(OC)cc2)=NC(=O)NC1c1cccc(Br)c1. The van der Waals surface area contributed by atoms with Crippen molar-refractivity contribution in [3.8, 4) is 5.75 Å². The predicted molar refractivity (Wildman–Crippen MR) is 105 cm³/mol. The molecule has 27 heavy (non-hydrogen) atoms. The highest BCUT2D eigenvalue weighted by Crippen LogP contribution is 2.32. The Morgan fingerprint density at radius 3 is 2.59 bits per heavy atom. The Kier molecular flexibility index (Phi) is 5.91. The molecule has 2 amide bonds. The van der Waals surface area contributed by atoms with E-state index in [0.29, 0.717) is 17.0 Å². The van der Waals surface area contributed by atoms with E-state index >= 15 is 0 Å². The van der Waals surface area contributed by atoms with Crippen LogP contribution in [0.4, 0.5) is 4.79 Å². The zero-order valence-corrected chi connectivity index (χ0v) is 16.5. The highest BCUT2D eigenvalue weighted by molar-refractivity contribution is 9.10. The fourth-order valence-electron chi connectivity index (χ4n) is 3.05. The maximum Gasteiger partial charge on any atom is 0.341 e. The van der Waals surface area contributed by atoms with Crippen molar-refractivity contribution in [3.63, 3.8) is 0 Å². The smallest absolute Gasteiger partial charge is 0.341 e. The van der Waals surface area contributed by atoms with Crippen molar-refractivity contribution in [1.29, 1.82) is 0 Å². The molecule has 0 spiro atoms. The lowest BCUT2D eigenvalue weighted by Gasteiger charge is -2.31. The van der Waals surface area contributed by atoms with E-state index in [4.69, 9.17) is 9.47 Å². The van der Waals surface area contributed by atoms with E-state index in [1.54, 1.807) is 38.3 Å². The first-order chi connectivity index (χ1) is 13.0. The highest BCUT2D eigenvalue weighted by atomic mass is 79.9. The molecule has 140 valence electrons. The Labute approximate surface area is 165 Å². The van der Waals surface area contributed by atoms with Crippen LogP contribution in [0.15, 0.2) is 58.0 Å². The molecular weight excluding hydrogens is 412 g/mol. The number of esters is 1. The lowest BCUT2D eigenvalue weighted by Crippen LogP contribution is -2.45. The van der Waals surface area contributed by atoms with E-state index in [1.165, 1.54) is 0 Å². The molecule has 3 rings (SSSR count). The summed E-state index contributed by atoms with van der Waals surface area (Å²) in [4.78, 5) is 29.2. The van der Waals surface area contributed by atoms with Crippen molar-refractivity contribution in [2.24, 2.45) is 10.9 Å². The van der Waals surface area contributed by atoms with Crippen LogP contribution in [0.2, 0.25) is 0 Å². The van der Waals surface area contributed by atoms with E-state index < -0.39 is 24.0 Å². The number of benzene rings is 2. The van der Waals surface area contributed by atoms with Gasteiger partial charge < -0.3 is 14.8 Å². The van der Waals surface area contributed by atoms with Gasteiger partial charge in [0, 0.05) is 4.47 Å². The van der Waals surface area contributed by atoms with Crippen molar-refractivity contribution in [3.05, 3.63) is 64.1 Å². The number of halogens is 1. The molecule has 6 nitrogen and oxygen atoms in total. The fraction of sp³-hybridized carbons (Fsp3) is 0.250. The van der Waals surface area contributed by atoms with E-state index in [2.05, 4.69) is 26.2 Å². The van der Waals surface area contributed by atoms with Crippen LogP contribution in [-0.4, -0.2) is 31.4 Å². The van der Waals surface area contributed by atoms with Gasteiger partial charge in [-0.15, -0.1) is 0 Å². The second kappa shape index (κ2) is 8.35. The van der Waals surface area contributed by atoms with Crippen molar-refractivity contribution in [2.75, 3.05) is 13.7 Å². The van der Waals surface area contributed by atoms with Crippen LogP contribution >= 0.6 is 15.9 Å². The number of amides is 2. The first-order valence-electron chi connectivity index (χ1n) is 8.49. The van der Waals surface area contributed by atoms with E-state index in [0.717, 1.165) is 10.0 Å². The molecule has 7 heteroatoms. The minimum absolute atomic E-state index is 0.240. The summed E-state index contributed by atoms with van der Waals surface area (Å²) >= 11 is 3.43. The third-order valence-corrected chi connectivity index (χ3v) is 4.76. The van der Waals surface area contributed by atoms with Gasteiger partial charge in [0.25, 0.3) is 0 Å². The molecule has 0 radical (unpaired) electrons. The summed E-state index contributed by atoms with van der Waals surface area (Å²) in [6.07, 6.45) is 0. The number of hydrogen-bond donors (Lipinski definition) is 1. The summed E-state index contributed by atoms with van der Waals surface area (Å²) in [5.74, 6) is -0.516. The fourth-order valence-corrected chi connectivity index (χ4v) is 3.46. The van der Waals surface area contributed by atoms with Gasteiger partial charge in [-0.2, -0.15) is 4.99 Å². The summed E-state index contributed by atoms with van der Waals surface area (Å²) < 4.78 is 11.3. The summed E-state index contributed by atoms with van der Waals surface area (Å²) in [5.41, 5.74) is 1.84. The van der Waals surface area contributed by atoms with Crippen LogP contribution in [-0.2, 0) is 9.53 Å². The number of carbonyl (C=O) groups excluding carboxylic acids is 2. The summed E-state index contributed by atoms with van der Waals surface area (Å²) in [7, 11) is 1.57. The zero-order chi connectivity index (χ0) is 19.4. The van der Waals surface area contributed by atoms with Gasteiger partial charge in [-0.1, -0.05) is 28.1 Å². The predicted octanol–water partition coefficient (Wildman–Crippen LogP) is 3.89. The third-order valence-electron chi connectivity index (χ3n) is 4.26. The van der Waals surface area contributed by atoms with Crippen LogP contribution in [0.1, 0.15) is 24.1 Å². The van der Waals surface area contributed by atoms with E-state index in [-0.39, 0.29) is 6.61 Å². The quantitative estimate of drug-likeness (QED) is 0.729. The van der Waals surface area contributed by atoms with Crippen LogP contribution in [0.3, 0.4) is 0 Å². The molecule has 0 aliphatic carbocycles. The van der Waals surface area contributed by atoms with Crippen molar-refractivity contribution < 1.29 is 19.1 Å². The van der Waals surface area contributed by atoms with Gasteiger partial charge in [0.05, 0.1) is 25.5 Å². The maximum atomic E-state index is 12.8. The number of nitrogens with one attached hydrogen (secondary N) is 1. The number of hydrogen-bond acceptors (Lipinski definition) is 4. The number of ether oxygens (including phenoxy) is 2. The minimum atomic E-state index is -0.759. The van der Waals surface area contributed by atoms with Crippen LogP contribution in [0, 0.1) is 5.92 Å². The van der Waals surface area contributed by atoms with Crippen molar-refractivity contribution in [2.45, 2.75) is 13.0 Å². The van der Waals surface area contributed by atoms with Gasteiger partial charge in [-0.25, -0.2) is 4.79 Å². The van der Waals surface area contributed by atoms with E-state index in [9.17, 15) is 9.59 Å². The second-order valence-electron chi connectivity index (χ2n) is 5.94. The molecule has 1 aliphatic heterocycles. The maximum absolute atomic E-state index is 12.8. The molecule has 2 unspecified atom stereocenters. The van der Waals surface area contributed by atoms with Gasteiger partial charge in [0.2, 0.25) is 0 Å². The average molecular weight is 431 g/mol. The number of methoxy groups -OCH3 is 1. The zero-order valence-electron chi connectivity index (χ0n) is 14.9. The van der Waals surface area contributed by atoms with E-state index in [1.807, 2.05) is 24.3 Å². The van der Waals surface area contributed by atoms with Crippen LogP contribution < -0.4 is 10.1 Å². The lowest BCUT2D eigenvalue weighted by molar-refractivity contribution is -0.146. The average Bonchev–Trinajstić information content (AvgIpc) is 2.67. The molecule has 1 aliphatic rings. The molecule has 1 heterocycles. The molecule has 0 saturated heterocycles. The summed E-state index contributed by atoms with van der Waals surface area (Å²) in [6.45, 7) is 1.99. The molecule has 0 bridgehead atoms. The molecule has 0 saturated carbocycles. The standard InChI is InChI=1S/C20H19BrN2O4/c1-3-27-19(24)16-17(12-7-9-15(26-2)10-8-12)22-20(25)23-18(16)13-5-4-6-14(21)11-13/h4-11,16,18H,3H2,1-2H3,(H,23,25). The normalized spacial score (nSPS) is 19.1. The number of urea groups is 1. The Morgan fingerprint density at radius 1 is 1.22 bits per heavy atom. The van der Waals surface area contributed by atoms with Gasteiger partial charge >= 0.3 is 12.0 Å². The Bertz CT molecular complexity index is 880. The van der Waals surface area contributed by atoms with Gasteiger partial charge in [-0.3, -0.25) is 4.79 Å².